The normalized spacial score (nSPS) is 23.6. The van der Waals surface area contributed by atoms with Gasteiger partial charge < -0.3 is 5.32 Å². The number of benzene rings is 1. The first-order chi connectivity index (χ1) is 9.25. The molecule has 4 nitrogen and oxygen atoms in total. The molecule has 1 atom stereocenters. The molecule has 1 aromatic carbocycles. The summed E-state index contributed by atoms with van der Waals surface area (Å²) in [5, 5.41) is 3.33. The fraction of sp³-hybridized carbons (Fsp3) is 0.467. The number of carbonyl (C=O) groups is 2. The lowest BCUT2D eigenvalue weighted by atomic mass is 9.98. The van der Waals surface area contributed by atoms with Crippen molar-refractivity contribution in [3.8, 4) is 0 Å². The van der Waals surface area contributed by atoms with Gasteiger partial charge in [0, 0.05) is 25.1 Å². The lowest BCUT2D eigenvalue weighted by Crippen LogP contribution is -2.49. The molecule has 4 heteroatoms. The highest BCUT2D eigenvalue weighted by Gasteiger charge is 2.33. The van der Waals surface area contributed by atoms with E-state index in [0.29, 0.717) is 19.4 Å². The predicted molar refractivity (Wildman–Crippen MR) is 72.7 cm³/mol. The number of imide groups is 1. The lowest BCUT2D eigenvalue weighted by Gasteiger charge is -2.33. The fourth-order valence-corrected chi connectivity index (χ4v) is 2.95. The highest BCUT2D eigenvalue weighted by molar-refractivity contribution is 5.96. The number of likely N-dealkylation sites (tertiary alicyclic amines) is 1. The number of hydrogen-bond donors (Lipinski definition) is 1. The maximum absolute atomic E-state index is 12.1. The molecule has 2 aliphatic rings. The molecule has 0 radical (unpaired) electrons. The van der Waals surface area contributed by atoms with E-state index in [1.54, 1.807) is 0 Å². The number of nitrogens with zero attached hydrogens (tertiary/aromatic N) is 1. The summed E-state index contributed by atoms with van der Waals surface area (Å²) in [7, 11) is 0. The smallest absolute Gasteiger partial charge is 0.229 e. The molecular weight excluding hydrogens is 240 g/mol. The van der Waals surface area contributed by atoms with Gasteiger partial charge in [-0.3, -0.25) is 14.5 Å². The van der Waals surface area contributed by atoms with Crippen LogP contribution in [0, 0.1) is 0 Å². The topological polar surface area (TPSA) is 49.4 Å². The molecule has 1 aromatic rings. The van der Waals surface area contributed by atoms with E-state index in [-0.39, 0.29) is 17.9 Å². The van der Waals surface area contributed by atoms with Gasteiger partial charge in [0.1, 0.15) is 0 Å². The number of hydrogen-bond acceptors (Lipinski definition) is 3. The third-order valence-electron chi connectivity index (χ3n) is 3.93. The molecule has 2 aliphatic heterocycles. The van der Waals surface area contributed by atoms with Gasteiger partial charge in [0.2, 0.25) is 11.8 Å². The van der Waals surface area contributed by atoms with Gasteiger partial charge in [-0.2, -0.15) is 0 Å². The van der Waals surface area contributed by atoms with Crippen molar-refractivity contribution in [3.63, 3.8) is 0 Å². The van der Waals surface area contributed by atoms with Crippen LogP contribution < -0.4 is 5.32 Å². The van der Waals surface area contributed by atoms with Gasteiger partial charge in [-0.05, 0) is 30.9 Å². The standard InChI is InChI=1S/C15H18N2O2/c18-14-7-3-4-8-15(19)17(14)12-9-11-5-1-2-6-13(11)16-10-12/h1-2,5-6,12,16H,3-4,7-10H2. The molecule has 0 spiro atoms. The first-order valence-electron chi connectivity index (χ1n) is 6.92. The van der Waals surface area contributed by atoms with Crippen molar-refractivity contribution in [2.45, 2.75) is 38.1 Å². The minimum atomic E-state index is -0.0343. The molecule has 1 saturated heterocycles. The van der Waals surface area contributed by atoms with Crippen LogP contribution in [0.5, 0.6) is 0 Å². The van der Waals surface area contributed by atoms with Crippen molar-refractivity contribution in [2.75, 3.05) is 11.9 Å². The zero-order chi connectivity index (χ0) is 13.2. The van der Waals surface area contributed by atoms with Crippen LogP contribution in [0.25, 0.3) is 0 Å². The molecule has 0 aliphatic carbocycles. The van der Waals surface area contributed by atoms with Gasteiger partial charge in [0.25, 0.3) is 0 Å². The molecule has 0 bridgehead atoms. The number of fused-ring (bicyclic) bond motifs is 1. The van der Waals surface area contributed by atoms with Crippen LogP contribution in [-0.2, 0) is 16.0 Å². The summed E-state index contributed by atoms with van der Waals surface area (Å²) in [4.78, 5) is 25.7. The summed E-state index contributed by atoms with van der Waals surface area (Å²) < 4.78 is 0. The summed E-state index contributed by atoms with van der Waals surface area (Å²) in [5.41, 5.74) is 2.30. The zero-order valence-electron chi connectivity index (χ0n) is 10.9. The monoisotopic (exact) mass is 258 g/mol. The van der Waals surface area contributed by atoms with E-state index in [1.807, 2.05) is 18.2 Å². The van der Waals surface area contributed by atoms with Crippen molar-refractivity contribution in [3.05, 3.63) is 29.8 Å². The first kappa shape index (κ1) is 12.2. The molecule has 100 valence electrons. The Labute approximate surface area is 112 Å². The first-order valence-corrected chi connectivity index (χ1v) is 6.92. The van der Waals surface area contributed by atoms with Crippen LogP contribution in [0.2, 0.25) is 0 Å². The Balaban J connectivity index is 1.83. The van der Waals surface area contributed by atoms with Crippen LogP contribution in [-0.4, -0.2) is 29.3 Å². The highest BCUT2D eigenvalue weighted by Crippen LogP contribution is 2.25. The van der Waals surface area contributed by atoms with E-state index in [2.05, 4.69) is 11.4 Å². The lowest BCUT2D eigenvalue weighted by molar-refractivity contribution is -0.146. The summed E-state index contributed by atoms with van der Waals surface area (Å²) in [6.45, 7) is 0.661. The quantitative estimate of drug-likeness (QED) is 0.783. The van der Waals surface area contributed by atoms with Crippen molar-refractivity contribution >= 4 is 17.5 Å². The molecule has 1 unspecified atom stereocenters. The Morgan fingerprint density at radius 1 is 1.05 bits per heavy atom. The van der Waals surface area contributed by atoms with Gasteiger partial charge in [0.15, 0.2) is 0 Å². The molecular formula is C15H18N2O2. The third kappa shape index (κ3) is 2.35. The van der Waals surface area contributed by atoms with Gasteiger partial charge >= 0.3 is 0 Å². The van der Waals surface area contributed by atoms with Crippen molar-refractivity contribution in [1.29, 1.82) is 0 Å². The summed E-state index contributed by atoms with van der Waals surface area (Å²) >= 11 is 0. The van der Waals surface area contributed by atoms with E-state index in [9.17, 15) is 9.59 Å². The van der Waals surface area contributed by atoms with Gasteiger partial charge in [-0.25, -0.2) is 0 Å². The average molecular weight is 258 g/mol. The van der Waals surface area contributed by atoms with Gasteiger partial charge in [0.05, 0.1) is 6.04 Å². The van der Waals surface area contributed by atoms with Crippen LogP contribution >= 0.6 is 0 Å². The summed E-state index contributed by atoms with van der Waals surface area (Å²) in [6, 6.07) is 8.05. The number of para-hydroxylation sites is 1. The van der Waals surface area contributed by atoms with Crippen molar-refractivity contribution in [2.24, 2.45) is 0 Å². The fourth-order valence-electron chi connectivity index (χ4n) is 2.95. The number of nitrogens with one attached hydrogen (secondary N) is 1. The number of rotatable bonds is 1. The van der Waals surface area contributed by atoms with Crippen molar-refractivity contribution in [1.82, 2.24) is 4.90 Å². The van der Waals surface area contributed by atoms with Crippen LogP contribution in [0.15, 0.2) is 24.3 Å². The number of anilines is 1. The largest absolute Gasteiger partial charge is 0.383 e. The Hall–Kier alpha value is -1.84. The Kier molecular flexibility index (Phi) is 3.23. The minimum Gasteiger partial charge on any atom is -0.383 e. The third-order valence-corrected chi connectivity index (χ3v) is 3.93. The van der Waals surface area contributed by atoms with E-state index in [4.69, 9.17) is 0 Å². The van der Waals surface area contributed by atoms with Crippen LogP contribution in [0.1, 0.15) is 31.2 Å². The minimum absolute atomic E-state index is 0.00585. The molecule has 3 rings (SSSR count). The molecule has 1 N–H and O–H groups in total. The molecule has 19 heavy (non-hydrogen) atoms. The van der Waals surface area contributed by atoms with Crippen LogP contribution in [0.3, 0.4) is 0 Å². The zero-order valence-corrected chi connectivity index (χ0v) is 10.9. The van der Waals surface area contributed by atoms with Gasteiger partial charge in [-0.15, -0.1) is 0 Å². The maximum atomic E-state index is 12.1. The summed E-state index contributed by atoms with van der Waals surface area (Å²) in [6.07, 6.45) is 3.43. The number of carbonyl (C=O) groups excluding carboxylic acids is 2. The maximum Gasteiger partial charge on any atom is 0.229 e. The summed E-state index contributed by atoms with van der Waals surface area (Å²) in [5.74, 6) is -0.0117. The predicted octanol–water partition coefficient (Wildman–Crippen LogP) is 1.95. The van der Waals surface area contributed by atoms with E-state index in [1.165, 1.54) is 10.5 Å². The van der Waals surface area contributed by atoms with Crippen molar-refractivity contribution < 1.29 is 9.59 Å². The average Bonchev–Trinajstić information content (AvgIpc) is 2.59. The van der Waals surface area contributed by atoms with E-state index >= 15 is 0 Å². The van der Waals surface area contributed by atoms with E-state index in [0.717, 1.165) is 24.9 Å². The number of amides is 2. The Bertz CT molecular complexity index is 495. The SMILES string of the molecule is O=C1CCCCC(=O)N1C1CNc2ccccc2C1. The molecule has 2 amide bonds. The Morgan fingerprint density at radius 2 is 1.74 bits per heavy atom. The molecule has 1 fully saturated rings. The van der Waals surface area contributed by atoms with E-state index < -0.39 is 0 Å². The van der Waals surface area contributed by atoms with Gasteiger partial charge in [-0.1, -0.05) is 18.2 Å². The molecule has 0 saturated carbocycles. The Morgan fingerprint density at radius 3 is 2.47 bits per heavy atom. The second kappa shape index (κ2) is 5.03. The molecule has 0 aromatic heterocycles. The second-order valence-corrected chi connectivity index (χ2v) is 5.26. The second-order valence-electron chi connectivity index (χ2n) is 5.26. The highest BCUT2D eigenvalue weighted by atomic mass is 16.2. The molecule has 2 heterocycles. The van der Waals surface area contributed by atoms with Crippen LogP contribution in [0.4, 0.5) is 5.69 Å².